The highest BCUT2D eigenvalue weighted by Crippen LogP contribution is 2.35. The van der Waals surface area contributed by atoms with Gasteiger partial charge in [0.1, 0.15) is 0 Å². The fourth-order valence-electron chi connectivity index (χ4n) is 2.28. The third-order valence-electron chi connectivity index (χ3n) is 3.34. The van der Waals surface area contributed by atoms with Crippen molar-refractivity contribution in [3.63, 3.8) is 0 Å². The molecular formula is C16H15F3IN. The molecule has 2 rings (SSSR count). The van der Waals surface area contributed by atoms with Crippen molar-refractivity contribution in [3.05, 3.63) is 68.8 Å². The third-order valence-corrected chi connectivity index (χ3v) is 4.06. The van der Waals surface area contributed by atoms with Crippen LogP contribution in [0.25, 0.3) is 0 Å². The van der Waals surface area contributed by atoms with E-state index in [-0.39, 0.29) is 11.6 Å². The number of alkyl halides is 3. The number of hydrogen-bond acceptors (Lipinski definition) is 1. The zero-order valence-corrected chi connectivity index (χ0v) is 13.6. The lowest BCUT2D eigenvalue weighted by atomic mass is 9.94. The van der Waals surface area contributed by atoms with Crippen LogP contribution in [0.5, 0.6) is 0 Å². The van der Waals surface area contributed by atoms with Gasteiger partial charge in [0.25, 0.3) is 0 Å². The summed E-state index contributed by atoms with van der Waals surface area (Å²) < 4.78 is 40.4. The van der Waals surface area contributed by atoms with Crippen LogP contribution in [-0.4, -0.2) is 7.05 Å². The molecule has 1 atom stereocenters. The van der Waals surface area contributed by atoms with Gasteiger partial charge in [0.05, 0.1) is 5.56 Å². The lowest BCUT2D eigenvalue weighted by molar-refractivity contribution is -0.138. The van der Waals surface area contributed by atoms with Crippen LogP contribution >= 0.6 is 22.6 Å². The van der Waals surface area contributed by atoms with Crippen LogP contribution in [0.1, 0.15) is 22.7 Å². The van der Waals surface area contributed by atoms with Gasteiger partial charge in [-0.25, -0.2) is 0 Å². The van der Waals surface area contributed by atoms with Gasteiger partial charge in [-0.3, -0.25) is 0 Å². The average molecular weight is 405 g/mol. The summed E-state index contributed by atoms with van der Waals surface area (Å²) in [7, 11) is 1.69. The molecule has 0 spiro atoms. The summed E-state index contributed by atoms with van der Waals surface area (Å²) in [5.41, 5.74) is 0.715. The highest BCUT2D eigenvalue weighted by atomic mass is 127. The quantitative estimate of drug-likeness (QED) is 0.720. The van der Waals surface area contributed by atoms with E-state index in [4.69, 9.17) is 0 Å². The van der Waals surface area contributed by atoms with E-state index in [1.165, 1.54) is 12.1 Å². The number of benzene rings is 2. The van der Waals surface area contributed by atoms with Crippen LogP contribution in [0.2, 0.25) is 0 Å². The smallest absolute Gasteiger partial charge is 0.313 e. The number of halogens is 4. The molecule has 0 aromatic heterocycles. The maximum Gasteiger partial charge on any atom is 0.416 e. The van der Waals surface area contributed by atoms with Gasteiger partial charge in [0, 0.05) is 9.61 Å². The molecule has 2 aromatic carbocycles. The lowest BCUT2D eigenvalue weighted by Gasteiger charge is -2.21. The topological polar surface area (TPSA) is 12.0 Å². The van der Waals surface area contributed by atoms with E-state index in [9.17, 15) is 13.2 Å². The van der Waals surface area contributed by atoms with E-state index in [0.717, 1.165) is 15.2 Å². The van der Waals surface area contributed by atoms with E-state index in [1.807, 2.05) is 24.3 Å². The second-order valence-corrected chi connectivity index (χ2v) is 6.00. The van der Waals surface area contributed by atoms with Gasteiger partial charge >= 0.3 is 6.18 Å². The average Bonchev–Trinajstić information content (AvgIpc) is 2.46. The molecule has 112 valence electrons. The predicted molar refractivity (Wildman–Crippen MR) is 86.1 cm³/mol. The van der Waals surface area contributed by atoms with Crippen LogP contribution < -0.4 is 5.32 Å². The SMILES string of the molecule is CNC(Cc1ccc(I)cc1)c1ccccc1C(F)(F)F. The van der Waals surface area contributed by atoms with Crippen LogP contribution in [0.15, 0.2) is 48.5 Å². The van der Waals surface area contributed by atoms with Crippen molar-refractivity contribution in [2.45, 2.75) is 18.6 Å². The van der Waals surface area contributed by atoms with Gasteiger partial charge in [0.15, 0.2) is 0 Å². The molecule has 0 radical (unpaired) electrons. The number of nitrogens with one attached hydrogen (secondary N) is 1. The van der Waals surface area contributed by atoms with Crippen LogP contribution in [-0.2, 0) is 12.6 Å². The number of hydrogen-bond donors (Lipinski definition) is 1. The first kappa shape index (κ1) is 16.3. The van der Waals surface area contributed by atoms with Crippen LogP contribution in [0, 0.1) is 3.57 Å². The van der Waals surface area contributed by atoms with Crippen molar-refractivity contribution in [1.82, 2.24) is 5.32 Å². The summed E-state index contributed by atoms with van der Waals surface area (Å²) in [6.07, 6.45) is -3.82. The summed E-state index contributed by atoms with van der Waals surface area (Å²) in [5, 5.41) is 2.99. The number of rotatable bonds is 4. The summed E-state index contributed by atoms with van der Waals surface area (Å²) in [6.45, 7) is 0. The first-order chi connectivity index (χ1) is 9.91. The molecule has 0 aliphatic carbocycles. The van der Waals surface area contributed by atoms with Crippen molar-refractivity contribution < 1.29 is 13.2 Å². The van der Waals surface area contributed by atoms with Gasteiger partial charge < -0.3 is 5.32 Å². The van der Waals surface area contributed by atoms with Crippen molar-refractivity contribution in [2.75, 3.05) is 7.05 Å². The highest BCUT2D eigenvalue weighted by molar-refractivity contribution is 14.1. The third kappa shape index (κ3) is 4.20. The van der Waals surface area contributed by atoms with Crippen molar-refractivity contribution in [2.24, 2.45) is 0 Å². The minimum atomic E-state index is -4.34. The summed E-state index contributed by atoms with van der Waals surface area (Å²) in [6, 6.07) is 13.2. The lowest BCUT2D eigenvalue weighted by Crippen LogP contribution is -2.22. The largest absolute Gasteiger partial charge is 0.416 e. The molecule has 1 N–H and O–H groups in total. The molecule has 0 aliphatic rings. The standard InChI is InChI=1S/C16H15F3IN/c1-21-15(10-11-6-8-12(20)9-7-11)13-4-2-3-5-14(13)16(17,18)19/h2-9,15,21H,10H2,1H3. The monoisotopic (exact) mass is 405 g/mol. The first-order valence-corrected chi connectivity index (χ1v) is 7.57. The zero-order chi connectivity index (χ0) is 15.5. The molecule has 0 bridgehead atoms. The van der Waals surface area contributed by atoms with Crippen LogP contribution in [0.4, 0.5) is 13.2 Å². The Labute approximate surface area is 135 Å². The predicted octanol–water partition coefficient (Wildman–Crippen LogP) is 4.81. The molecule has 5 heteroatoms. The molecule has 1 unspecified atom stereocenters. The minimum absolute atomic E-state index is 0.283. The summed E-state index contributed by atoms with van der Waals surface area (Å²) >= 11 is 2.20. The molecule has 1 nitrogen and oxygen atoms in total. The molecule has 0 saturated carbocycles. The van der Waals surface area contributed by atoms with Gasteiger partial charge in [-0.1, -0.05) is 30.3 Å². The summed E-state index contributed by atoms with van der Waals surface area (Å²) in [4.78, 5) is 0. The Kier molecular flexibility index (Phi) is 5.27. The highest BCUT2D eigenvalue weighted by Gasteiger charge is 2.34. The van der Waals surface area contributed by atoms with Crippen LogP contribution in [0.3, 0.4) is 0 Å². The minimum Gasteiger partial charge on any atom is -0.313 e. The van der Waals surface area contributed by atoms with Gasteiger partial charge in [0.2, 0.25) is 0 Å². The van der Waals surface area contributed by atoms with Gasteiger partial charge in [-0.15, -0.1) is 0 Å². The Balaban J connectivity index is 2.32. The number of likely N-dealkylation sites (N-methyl/N-ethyl adjacent to an activating group) is 1. The fourth-order valence-corrected chi connectivity index (χ4v) is 2.64. The van der Waals surface area contributed by atoms with E-state index in [1.54, 1.807) is 13.1 Å². The zero-order valence-electron chi connectivity index (χ0n) is 11.4. The second kappa shape index (κ2) is 6.79. The molecule has 0 heterocycles. The molecule has 21 heavy (non-hydrogen) atoms. The molecule has 2 aromatic rings. The molecule has 0 saturated heterocycles. The maximum absolute atomic E-state index is 13.1. The normalized spacial score (nSPS) is 13.2. The second-order valence-electron chi connectivity index (χ2n) is 4.76. The Bertz CT molecular complexity index is 593. The van der Waals surface area contributed by atoms with Gasteiger partial charge in [-0.05, 0) is 65.4 Å². The van der Waals surface area contributed by atoms with Crippen molar-refractivity contribution in [1.29, 1.82) is 0 Å². The Morgan fingerprint density at radius 3 is 2.24 bits per heavy atom. The van der Waals surface area contributed by atoms with E-state index < -0.39 is 11.7 Å². The molecular weight excluding hydrogens is 390 g/mol. The van der Waals surface area contributed by atoms with Gasteiger partial charge in [-0.2, -0.15) is 13.2 Å². The Morgan fingerprint density at radius 1 is 1.05 bits per heavy atom. The Morgan fingerprint density at radius 2 is 1.67 bits per heavy atom. The maximum atomic E-state index is 13.1. The molecule has 0 aliphatic heterocycles. The van der Waals surface area contributed by atoms with E-state index in [2.05, 4.69) is 27.9 Å². The Hall–Kier alpha value is -1.08. The fraction of sp³-hybridized carbons (Fsp3) is 0.250. The molecule has 0 amide bonds. The molecule has 0 fully saturated rings. The van der Waals surface area contributed by atoms with E-state index in [0.29, 0.717) is 6.42 Å². The van der Waals surface area contributed by atoms with Crippen molar-refractivity contribution >= 4 is 22.6 Å². The summed E-state index contributed by atoms with van der Waals surface area (Å²) in [5.74, 6) is 0. The van der Waals surface area contributed by atoms with Crippen molar-refractivity contribution in [3.8, 4) is 0 Å². The first-order valence-electron chi connectivity index (χ1n) is 6.49. The van der Waals surface area contributed by atoms with E-state index >= 15 is 0 Å².